The van der Waals surface area contributed by atoms with Crippen molar-refractivity contribution in [2.75, 3.05) is 54.8 Å². The van der Waals surface area contributed by atoms with Crippen molar-refractivity contribution in [3.8, 4) is 5.75 Å². The summed E-state index contributed by atoms with van der Waals surface area (Å²) < 4.78 is 31.3. The lowest BCUT2D eigenvalue weighted by Gasteiger charge is -2.37. The Balaban J connectivity index is 1.48. The smallest absolute Gasteiger partial charge is 0.257 e. The fraction of sp³-hybridized carbons (Fsp3) is 0.435. The number of methoxy groups -OCH3 is 1. The fourth-order valence-corrected chi connectivity index (χ4v) is 5.98. The van der Waals surface area contributed by atoms with Crippen LogP contribution < -0.4 is 13.9 Å². The van der Waals surface area contributed by atoms with E-state index in [1.54, 1.807) is 18.2 Å². The Hall–Kier alpha value is -2.74. The molecular weight excluding hydrogens is 414 g/mol. The SMILES string of the molecule is COc1cc(N2CCCS2(=O)=O)ccc1C(=O)N1CCN(c2ccc(C)cc2C)CC1. The van der Waals surface area contributed by atoms with E-state index in [0.29, 0.717) is 43.1 Å². The second-order valence-corrected chi connectivity index (χ2v) is 10.2. The molecule has 0 atom stereocenters. The average Bonchev–Trinajstić information content (AvgIpc) is 3.12. The van der Waals surface area contributed by atoms with Gasteiger partial charge in [-0.15, -0.1) is 0 Å². The van der Waals surface area contributed by atoms with Crippen LogP contribution in [-0.2, 0) is 10.0 Å². The number of piperazine rings is 1. The van der Waals surface area contributed by atoms with E-state index in [1.165, 1.54) is 28.2 Å². The summed E-state index contributed by atoms with van der Waals surface area (Å²) in [5, 5.41) is 0. The number of amides is 1. The van der Waals surface area contributed by atoms with Crippen molar-refractivity contribution in [3.05, 3.63) is 53.1 Å². The van der Waals surface area contributed by atoms with Gasteiger partial charge in [0.05, 0.1) is 24.1 Å². The van der Waals surface area contributed by atoms with Gasteiger partial charge in [0.2, 0.25) is 10.0 Å². The van der Waals surface area contributed by atoms with Crippen LogP contribution in [0.4, 0.5) is 11.4 Å². The molecule has 0 aliphatic carbocycles. The van der Waals surface area contributed by atoms with Crippen molar-refractivity contribution in [2.45, 2.75) is 20.3 Å². The maximum Gasteiger partial charge on any atom is 0.257 e. The van der Waals surface area contributed by atoms with Gasteiger partial charge in [0.1, 0.15) is 5.75 Å². The third-order valence-corrected chi connectivity index (χ3v) is 7.93. The van der Waals surface area contributed by atoms with Crippen LogP contribution in [0.15, 0.2) is 36.4 Å². The van der Waals surface area contributed by atoms with Crippen LogP contribution in [-0.4, -0.2) is 64.8 Å². The molecule has 4 rings (SSSR count). The van der Waals surface area contributed by atoms with E-state index >= 15 is 0 Å². The number of hydrogen-bond acceptors (Lipinski definition) is 5. The molecule has 2 aromatic carbocycles. The highest BCUT2D eigenvalue weighted by atomic mass is 32.2. The van der Waals surface area contributed by atoms with Gasteiger partial charge in [0.25, 0.3) is 5.91 Å². The van der Waals surface area contributed by atoms with Gasteiger partial charge in [0.15, 0.2) is 0 Å². The van der Waals surface area contributed by atoms with Gasteiger partial charge in [-0.2, -0.15) is 0 Å². The first-order valence-corrected chi connectivity index (χ1v) is 12.2. The average molecular weight is 444 g/mol. The van der Waals surface area contributed by atoms with E-state index < -0.39 is 10.0 Å². The second kappa shape index (κ2) is 8.42. The summed E-state index contributed by atoms with van der Waals surface area (Å²) in [5.41, 5.74) is 4.71. The first kappa shape index (κ1) is 21.5. The van der Waals surface area contributed by atoms with E-state index in [0.717, 1.165) is 13.1 Å². The number of hydrogen-bond donors (Lipinski definition) is 0. The minimum absolute atomic E-state index is 0.0899. The number of sulfonamides is 1. The van der Waals surface area contributed by atoms with Gasteiger partial charge in [-0.3, -0.25) is 9.10 Å². The van der Waals surface area contributed by atoms with Crippen LogP contribution in [0.1, 0.15) is 27.9 Å². The lowest BCUT2D eigenvalue weighted by molar-refractivity contribution is 0.0743. The number of aryl methyl sites for hydroxylation is 2. The maximum absolute atomic E-state index is 13.2. The Morgan fingerprint density at radius 1 is 0.968 bits per heavy atom. The summed E-state index contributed by atoms with van der Waals surface area (Å²) in [6, 6.07) is 11.5. The minimum atomic E-state index is -3.28. The number of anilines is 2. The molecule has 2 aliphatic heterocycles. The Morgan fingerprint density at radius 2 is 1.71 bits per heavy atom. The highest BCUT2D eigenvalue weighted by molar-refractivity contribution is 7.93. The Labute approximate surface area is 184 Å². The molecular formula is C23H29N3O4S. The number of benzene rings is 2. The predicted octanol–water partition coefficient (Wildman–Crippen LogP) is 2.81. The maximum atomic E-state index is 13.2. The van der Waals surface area contributed by atoms with E-state index in [9.17, 15) is 13.2 Å². The number of nitrogens with zero attached hydrogens (tertiary/aromatic N) is 3. The van der Waals surface area contributed by atoms with E-state index in [-0.39, 0.29) is 11.7 Å². The lowest BCUT2D eigenvalue weighted by atomic mass is 10.1. The quantitative estimate of drug-likeness (QED) is 0.727. The standard InChI is InChI=1S/C23H29N3O4S/c1-17-5-8-21(18(2)15-17)24-10-12-25(13-11-24)23(27)20-7-6-19(16-22(20)30-3)26-9-4-14-31(26,28)29/h5-8,15-16H,4,9-14H2,1-3H3. The highest BCUT2D eigenvalue weighted by Gasteiger charge is 2.30. The zero-order valence-electron chi connectivity index (χ0n) is 18.3. The van der Waals surface area contributed by atoms with Crippen molar-refractivity contribution in [1.29, 1.82) is 0 Å². The van der Waals surface area contributed by atoms with Crippen LogP contribution in [0.5, 0.6) is 5.75 Å². The molecule has 0 aromatic heterocycles. The van der Waals surface area contributed by atoms with Gasteiger partial charge < -0.3 is 14.5 Å². The van der Waals surface area contributed by atoms with Gasteiger partial charge in [0, 0.05) is 44.5 Å². The van der Waals surface area contributed by atoms with E-state index in [1.807, 2.05) is 4.90 Å². The van der Waals surface area contributed by atoms with Crippen LogP contribution in [0.25, 0.3) is 0 Å². The number of carbonyl (C=O) groups excluding carboxylic acids is 1. The molecule has 31 heavy (non-hydrogen) atoms. The predicted molar refractivity (Wildman–Crippen MR) is 123 cm³/mol. The molecule has 7 nitrogen and oxygen atoms in total. The molecule has 2 heterocycles. The highest BCUT2D eigenvalue weighted by Crippen LogP contribution is 2.31. The lowest BCUT2D eigenvalue weighted by Crippen LogP contribution is -2.49. The summed E-state index contributed by atoms with van der Waals surface area (Å²) in [5.74, 6) is 0.468. The normalized spacial score (nSPS) is 18.4. The molecule has 0 radical (unpaired) electrons. The van der Waals surface area contributed by atoms with Crippen LogP contribution in [0.3, 0.4) is 0 Å². The Morgan fingerprint density at radius 3 is 2.32 bits per heavy atom. The van der Waals surface area contributed by atoms with Crippen molar-refractivity contribution < 1.29 is 17.9 Å². The Bertz CT molecular complexity index is 1090. The third kappa shape index (κ3) is 4.21. The number of carbonyl (C=O) groups is 1. The molecule has 0 spiro atoms. The molecule has 0 saturated carbocycles. The summed E-state index contributed by atoms with van der Waals surface area (Å²) in [6.45, 7) is 7.44. The fourth-order valence-electron chi connectivity index (χ4n) is 4.42. The monoisotopic (exact) mass is 443 g/mol. The van der Waals surface area contributed by atoms with Gasteiger partial charge >= 0.3 is 0 Å². The second-order valence-electron chi connectivity index (χ2n) is 8.20. The van der Waals surface area contributed by atoms with Gasteiger partial charge in [-0.1, -0.05) is 17.7 Å². The molecule has 2 saturated heterocycles. The molecule has 0 N–H and O–H groups in total. The topological polar surface area (TPSA) is 70.2 Å². The van der Waals surface area contributed by atoms with Crippen LogP contribution in [0, 0.1) is 13.8 Å². The third-order valence-electron chi connectivity index (χ3n) is 6.06. The van der Waals surface area contributed by atoms with Crippen molar-refractivity contribution in [1.82, 2.24) is 4.90 Å². The molecule has 0 bridgehead atoms. The van der Waals surface area contributed by atoms with Crippen LogP contribution >= 0.6 is 0 Å². The first-order valence-electron chi connectivity index (χ1n) is 10.6. The Kier molecular flexibility index (Phi) is 5.83. The molecule has 0 unspecified atom stereocenters. The largest absolute Gasteiger partial charge is 0.496 e. The van der Waals surface area contributed by atoms with Crippen LogP contribution in [0.2, 0.25) is 0 Å². The molecule has 2 fully saturated rings. The summed E-state index contributed by atoms with van der Waals surface area (Å²) in [4.78, 5) is 17.3. The minimum Gasteiger partial charge on any atom is -0.496 e. The van der Waals surface area contributed by atoms with Crippen molar-refractivity contribution in [3.63, 3.8) is 0 Å². The molecule has 166 valence electrons. The van der Waals surface area contributed by atoms with Gasteiger partial charge in [-0.25, -0.2) is 8.42 Å². The molecule has 8 heteroatoms. The summed E-state index contributed by atoms with van der Waals surface area (Å²) in [7, 11) is -1.77. The van der Waals surface area contributed by atoms with Crippen molar-refractivity contribution in [2.24, 2.45) is 0 Å². The molecule has 2 aliphatic rings. The van der Waals surface area contributed by atoms with E-state index in [2.05, 4.69) is 36.9 Å². The summed E-state index contributed by atoms with van der Waals surface area (Å²) >= 11 is 0. The summed E-state index contributed by atoms with van der Waals surface area (Å²) in [6.07, 6.45) is 0.607. The zero-order chi connectivity index (χ0) is 22.2. The van der Waals surface area contributed by atoms with Gasteiger partial charge in [-0.05, 0) is 44.0 Å². The molecule has 2 aromatic rings. The first-order chi connectivity index (χ1) is 14.8. The zero-order valence-corrected chi connectivity index (χ0v) is 19.1. The van der Waals surface area contributed by atoms with Crippen molar-refractivity contribution >= 4 is 27.3 Å². The number of ether oxygens (including phenoxy) is 1. The number of rotatable bonds is 4. The molecule has 1 amide bonds. The van der Waals surface area contributed by atoms with E-state index in [4.69, 9.17) is 4.74 Å².